The number of nitrogens with zero attached hydrogens (tertiary/aromatic N) is 2. The second-order valence-electron chi connectivity index (χ2n) is 8.63. The van der Waals surface area contributed by atoms with E-state index in [1.807, 2.05) is 34.6 Å². The van der Waals surface area contributed by atoms with Crippen LogP contribution in [0.3, 0.4) is 0 Å². The monoisotopic (exact) mass is 485 g/mol. The number of aromatic nitrogens is 3. The van der Waals surface area contributed by atoms with E-state index in [0.29, 0.717) is 23.7 Å². The fourth-order valence-corrected chi connectivity index (χ4v) is 3.72. The number of hydrogen-bond acceptors (Lipinski definition) is 5. The van der Waals surface area contributed by atoms with Crippen LogP contribution in [0.25, 0.3) is 11.0 Å². The van der Waals surface area contributed by atoms with Gasteiger partial charge in [0.15, 0.2) is 5.65 Å². The summed E-state index contributed by atoms with van der Waals surface area (Å²) < 4.78 is 1.36. The Morgan fingerprint density at radius 1 is 1.09 bits per heavy atom. The number of carbonyl (C=O) groups excluding carboxylic acids is 2. The molecular weight excluding hydrogens is 458 g/mol. The molecule has 0 atom stereocenters. The molecule has 3 aromatic rings. The molecule has 0 saturated carbocycles. The van der Waals surface area contributed by atoms with Crippen molar-refractivity contribution in [3.63, 3.8) is 0 Å². The Morgan fingerprint density at radius 3 is 2.41 bits per heavy atom. The summed E-state index contributed by atoms with van der Waals surface area (Å²) in [5, 5.41) is 5.84. The first-order chi connectivity index (χ1) is 16.0. The number of anilines is 1. The van der Waals surface area contributed by atoms with Gasteiger partial charge in [-0.25, -0.2) is 9.78 Å². The number of amides is 2. The third kappa shape index (κ3) is 5.20. The summed E-state index contributed by atoms with van der Waals surface area (Å²) in [6, 6.07) is 5.97. The van der Waals surface area contributed by atoms with E-state index < -0.39 is 17.2 Å². The number of aryl methyl sites for hydroxylation is 1. The summed E-state index contributed by atoms with van der Waals surface area (Å²) >= 11 is 6.13. The summed E-state index contributed by atoms with van der Waals surface area (Å²) in [4.78, 5) is 58.2. The Morgan fingerprint density at radius 2 is 1.79 bits per heavy atom. The lowest BCUT2D eigenvalue weighted by atomic mass is 10.0. The predicted octanol–water partition coefficient (Wildman–Crippen LogP) is 3.66. The highest BCUT2D eigenvalue weighted by Gasteiger charge is 2.22. The zero-order valence-electron chi connectivity index (χ0n) is 19.8. The number of benzene rings is 1. The molecule has 0 saturated heterocycles. The third-order valence-corrected chi connectivity index (χ3v) is 5.38. The van der Waals surface area contributed by atoms with Crippen molar-refractivity contribution in [2.24, 2.45) is 0 Å². The van der Waals surface area contributed by atoms with Crippen LogP contribution in [0.1, 0.15) is 73.4 Å². The molecule has 0 radical (unpaired) electrons. The number of fused-ring (bicyclic) bond motifs is 1. The lowest BCUT2D eigenvalue weighted by Gasteiger charge is -2.16. The number of carbonyl (C=O) groups is 2. The molecule has 0 spiro atoms. The van der Waals surface area contributed by atoms with Crippen molar-refractivity contribution in [1.29, 1.82) is 0 Å². The Labute approximate surface area is 201 Å². The number of H-pyrrole nitrogens is 1. The number of rotatable bonds is 7. The van der Waals surface area contributed by atoms with E-state index in [9.17, 15) is 19.2 Å². The highest BCUT2D eigenvalue weighted by molar-refractivity contribution is 6.31. The standard InChI is InChI=1S/C24H28ClN5O4/c1-6-9-30-20-19(23(33)29-24(30)34)16(11-17(27-20)12(2)3)22(32)28-18-10-14(25)7-8-15(18)21(31)26-13(4)5/h7-8,10-13H,6,9H2,1-5H3,(H,26,31)(H,28,32)(H,29,33,34). The van der Waals surface area contributed by atoms with Crippen LogP contribution in [0.4, 0.5) is 5.69 Å². The lowest BCUT2D eigenvalue weighted by molar-refractivity contribution is 0.0944. The summed E-state index contributed by atoms with van der Waals surface area (Å²) in [6.07, 6.45) is 0.632. The first kappa shape index (κ1) is 25.2. The second-order valence-corrected chi connectivity index (χ2v) is 9.07. The largest absolute Gasteiger partial charge is 0.350 e. The van der Waals surface area contributed by atoms with E-state index in [-0.39, 0.29) is 45.7 Å². The molecule has 3 rings (SSSR count). The molecule has 2 amide bonds. The highest BCUT2D eigenvalue weighted by Crippen LogP contribution is 2.25. The molecule has 34 heavy (non-hydrogen) atoms. The van der Waals surface area contributed by atoms with Gasteiger partial charge in [0.25, 0.3) is 17.4 Å². The van der Waals surface area contributed by atoms with Crippen molar-refractivity contribution in [1.82, 2.24) is 19.9 Å². The van der Waals surface area contributed by atoms with Crippen molar-refractivity contribution < 1.29 is 9.59 Å². The van der Waals surface area contributed by atoms with Crippen molar-refractivity contribution in [3.05, 3.63) is 66.9 Å². The Hall–Kier alpha value is -3.46. The van der Waals surface area contributed by atoms with Crippen LogP contribution in [-0.2, 0) is 6.54 Å². The molecule has 1 aromatic carbocycles. The summed E-state index contributed by atoms with van der Waals surface area (Å²) in [7, 11) is 0. The molecule has 0 aliphatic heterocycles. The van der Waals surface area contributed by atoms with Gasteiger partial charge in [0.1, 0.15) is 0 Å². The van der Waals surface area contributed by atoms with Crippen LogP contribution in [0.5, 0.6) is 0 Å². The number of pyridine rings is 1. The predicted molar refractivity (Wildman–Crippen MR) is 133 cm³/mol. The third-order valence-electron chi connectivity index (χ3n) is 5.15. The fraction of sp³-hybridized carbons (Fsp3) is 0.375. The van der Waals surface area contributed by atoms with Crippen molar-refractivity contribution in [3.8, 4) is 0 Å². The summed E-state index contributed by atoms with van der Waals surface area (Å²) in [5.41, 5.74) is -0.108. The molecule has 10 heteroatoms. The normalized spacial score (nSPS) is 11.3. The summed E-state index contributed by atoms with van der Waals surface area (Å²) in [5.74, 6) is -1.07. The summed E-state index contributed by atoms with van der Waals surface area (Å²) in [6.45, 7) is 9.67. The van der Waals surface area contributed by atoms with Crippen LogP contribution < -0.4 is 21.9 Å². The topological polar surface area (TPSA) is 126 Å². The molecule has 2 aromatic heterocycles. The minimum absolute atomic E-state index is 0.00478. The maximum atomic E-state index is 13.5. The maximum absolute atomic E-state index is 13.5. The second kappa shape index (κ2) is 10.2. The van der Waals surface area contributed by atoms with Gasteiger partial charge in [-0.1, -0.05) is 32.4 Å². The van der Waals surface area contributed by atoms with Crippen LogP contribution in [0.2, 0.25) is 5.02 Å². The van der Waals surface area contributed by atoms with E-state index in [1.165, 1.54) is 22.8 Å². The number of aromatic amines is 1. The molecule has 0 fully saturated rings. The number of nitrogens with one attached hydrogen (secondary N) is 3. The first-order valence-electron chi connectivity index (χ1n) is 11.1. The van der Waals surface area contributed by atoms with Gasteiger partial charge in [-0.05, 0) is 50.5 Å². The maximum Gasteiger partial charge on any atom is 0.329 e. The van der Waals surface area contributed by atoms with Crippen molar-refractivity contribution in [2.45, 2.75) is 59.5 Å². The number of hydrogen-bond donors (Lipinski definition) is 3. The van der Waals surface area contributed by atoms with Crippen LogP contribution >= 0.6 is 11.6 Å². The van der Waals surface area contributed by atoms with Gasteiger partial charge in [0, 0.05) is 23.3 Å². The van der Waals surface area contributed by atoms with Gasteiger partial charge >= 0.3 is 5.69 Å². The number of halogens is 1. The molecular formula is C24H28ClN5O4. The molecule has 180 valence electrons. The Kier molecular flexibility index (Phi) is 7.56. The van der Waals surface area contributed by atoms with Gasteiger partial charge in [-0.3, -0.25) is 23.9 Å². The van der Waals surface area contributed by atoms with Crippen molar-refractivity contribution >= 4 is 40.1 Å². The van der Waals surface area contributed by atoms with Crippen molar-refractivity contribution in [2.75, 3.05) is 5.32 Å². The average Bonchev–Trinajstić information content (AvgIpc) is 2.75. The molecule has 2 heterocycles. The fourth-order valence-electron chi connectivity index (χ4n) is 3.55. The van der Waals surface area contributed by atoms with Gasteiger partial charge in [0.05, 0.1) is 22.2 Å². The first-order valence-corrected chi connectivity index (χ1v) is 11.5. The molecule has 0 bridgehead atoms. The van der Waals surface area contributed by atoms with E-state index in [0.717, 1.165) is 0 Å². The van der Waals surface area contributed by atoms with Gasteiger partial charge in [0.2, 0.25) is 0 Å². The zero-order chi connectivity index (χ0) is 25.2. The minimum Gasteiger partial charge on any atom is -0.350 e. The molecule has 3 N–H and O–H groups in total. The SMILES string of the molecule is CCCn1c(=O)[nH]c(=O)c2c(C(=O)Nc3cc(Cl)ccc3C(=O)NC(C)C)cc(C(C)C)nc21. The lowest BCUT2D eigenvalue weighted by Crippen LogP contribution is -2.33. The van der Waals surface area contributed by atoms with Crippen LogP contribution in [0, 0.1) is 0 Å². The van der Waals surface area contributed by atoms with Gasteiger partial charge in [-0.15, -0.1) is 0 Å². The van der Waals surface area contributed by atoms with E-state index in [1.54, 1.807) is 6.07 Å². The molecule has 0 aliphatic rings. The quantitative estimate of drug-likeness (QED) is 0.470. The molecule has 0 aliphatic carbocycles. The molecule has 0 unspecified atom stereocenters. The average molecular weight is 486 g/mol. The van der Waals surface area contributed by atoms with Gasteiger partial charge < -0.3 is 10.6 Å². The Bertz CT molecular complexity index is 1370. The Balaban J connectivity index is 2.20. The molecule has 9 nitrogen and oxygen atoms in total. The minimum atomic E-state index is -0.704. The van der Waals surface area contributed by atoms with E-state index in [2.05, 4.69) is 20.6 Å². The van der Waals surface area contributed by atoms with E-state index in [4.69, 9.17) is 11.6 Å². The highest BCUT2D eigenvalue weighted by atomic mass is 35.5. The van der Waals surface area contributed by atoms with Gasteiger partial charge in [-0.2, -0.15) is 0 Å². The zero-order valence-corrected chi connectivity index (χ0v) is 20.5. The van der Waals surface area contributed by atoms with E-state index >= 15 is 0 Å². The smallest absolute Gasteiger partial charge is 0.329 e. The van der Waals surface area contributed by atoms with Crippen LogP contribution in [0.15, 0.2) is 33.9 Å². The van der Waals surface area contributed by atoms with Crippen LogP contribution in [-0.4, -0.2) is 32.4 Å².